The van der Waals surface area contributed by atoms with E-state index in [0.29, 0.717) is 48.4 Å². The van der Waals surface area contributed by atoms with E-state index in [2.05, 4.69) is 10.3 Å². The lowest BCUT2D eigenvalue weighted by atomic mass is 10.1. The Hall–Kier alpha value is -2.31. The fourth-order valence-electron chi connectivity index (χ4n) is 3.00. The Morgan fingerprint density at radius 3 is 2.71 bits per heavy atom. The highest BCUT2D eigenvalue weighted by atomic mass is 16.5. The van der Waals surface area contributed by atoms with E-state index in [0.717, 1.165) is 13.0 Å². The molecule has 0 saturated carbocycles. The Labute approximate surface area is 141 Å². The predicted molar refractivity (Wildman–Crippen MR) is 89.0 cm³/mol. The van der Waals surface area contributed by atoms with Crippen molar-refractivity contribution in [3.05, 3.63) is 22.5 Å². The van der Waals surface area contributed by atoms with Gasteiger partial charge >= 0.3 is 5.97 Å². The summed E-state index contributed by atoms with van der Waals surface area (Å²) in [5.41, 5.74) is 2.04. The molecule has 24 heavy (non-hydrogen) atoms. The molecule has 7 heteroatoms. The lowest BCUT2D eigenvalue weighted by molar-refractivity contribution is -0.127. The van der Waals surface area contributed by atoms with Crippen LogP contribution < -0.4 is 5.32 Å². The predicted octanol–water partition coefficient (Wildman–Crippen LogP) is 1.55. The average Bonchev–Trinajstić information content (AvgIpc) is 3.07. The van der Waals surface area contributed by atoms with Crippen LogP contribution in [0.5, 0.6) is 0 Å². The molecule has 1 fully saturated rings. The van der Waals surface area contributed by atoms with Gasteiger partial charge in [0.2, 0.25) is 5.91 Å². The molecule has 2 heterocycles. The normalized spacial score (nSPS) is 14.1. The first-order chi connectivity index (χ1) is 11.5. The van der Waals surface area contributed by atoms with Crippen molar-refractivity contribution in [2.45, 2.75) is 40.0 Å². The molecular weight excluding hydrogens is 310 g/mol. The van der Waals surface area contributed by atoms with E-state index in [1.54, 1.807) is 20.8 Å². The molecule has 1 aliphatic rings. The molecule has 2 N–H and O–H groups in total. The van der Waals surface area contributed by atoms with Gasteiger partial charge in [-0.3, -0.25) is 9.59 Å². The fourth-order valence-corrected chi connectivity index (χ4v) is 3.00. The first-order valence-corrected chi connectivity index (χ1v) is 8.38. The number of aromatic nitrogens is 1. The van der Waals surface area contributed by atoms with Crippen LogP contribution in [0.4, 0.5) is 0 Å². The van der Waals surface area contributed by atoms with Gasteiger partial charge in [0, 0.05) is 31.7 Å². The van der Waals surface area contributed by atoms with Gasteiger partial charge in [0.25, 0.3) is 5.91 Å². The molecular formula is C17H25N3O4. The maximum atomic E-state index is 12.4. The van der Waals surface area contributed by atoms with Crippen molar-refractivity contribution in [3.8, 4) is 0 Å². The maximum absolute atomic E-state index is 12.4. The molecule has 0 atom stereocenters. The quantitative estimate of drug-likeness (QED) is 0.584. The fraction of sp³-hybridized carbons (Fsp3) is 0.588. The Morgan fingerprint density at radius 1 is 1.33 bits per heavy atom. The molecule has 1 aromatic rings. The summed E-state index contributed by atoms with van der Waals surface area (Å²) in [6.45, 7) is 7.47. The minimum atomic E-state index is -0.454. The highest BCUT2D eigenvalue weighted by molar-refractivity contribution is 6.01. The molecule has 1 aromatic heterocycles. The van der Waals surface area contributed by atoms with Gasteiger partial charge in [-0.15, -0.1) is 0 Å². The first-order valence-electron chi connectivity index (χ1n) is 8.38. The number of aromatic amines is 1. The molecule has 7 nitrogen and oxygen atoms in total. The zero-order chi connectivity index (χ0) is 17.7. The number of H-pyrrole nitrogens is 1. The molecule has 0 spiro atoms. The molecule has 2 rings (SSSR count). The van der Waals surface area contributed by atoms with Crippen molar-refractivity contribution in [1.29, 1.82) is 0 Å². The highest BCUT2D eigenvalue weighted by Gasteiger charge is 2.23. The Balaban J connectivity index is 1.90. The van der Waals surface area contributed by atoms with Crippen LogP contribution in [0.3, 0.4) is 0 Å². The van der Waals surface area contributed by atoms with Crippen LogP contribution in [-0.2, 0) is 9.53 Å². The van der Waals surface area contributed by atoms with Gasteiger partial charge in [-0.05, 0) is 39.2 Å². The summed E-state index contributed by atoms with van der Waals surface area (Å²) in [5.74, 6) is -0.480. The van der Waals surface area contributed by atoms with E-state index in [9.17, 15) is 14.4 Å². The number of nitrogens with zero attached hydrogens (tertiary/aromatic N) is 1. The molecule has 0 unspecified atom stereocenters. The zero-order valence-electron chi connectivity index (χ0n) is 14.5. The maximum Gasteiger partial charge on any atom is 0.355 e. The van der Waals surface area contributed by atoms with Gasteiger partial charge in [-0.25, -0.2) is 4.79 Å². The van der Waals surface area contributed by atoms with Gasteiger partial charge in [-0.1, -0.05) is 0 Å². The number of nitrogens with one attached hydrogen (secondary N) is 2. The minimum absolute atomic E-state index is 0.192. The first kappa shape index (κ1) is 18.0. The average molecular weight is 335 g/mol. The van der Waals surface area contributed by atoms with E-state index in [4.69, 9.17) is 4.74 Å². The van der Waals surface area contributed by atoms with E-state index >= 15 is 0 Å². The summed E-state index contributed by atoms with van der Waals surface area (Å²) in [6.07, 6.45) is 2.26. The van der Waals surface area contributed by atoms with Crippen LogP contribution in [0.25, 0.3) is 0 Å². The molecule has 132 valence electrons. The van der Waals surface area contributed by atoms with Crippen LogP contribution >= 0.6 is 0 Å². The smallest absolute Gasteiger partial charge is 0.355 e. The molecule has 1 saturated heterocycles. The lowest BCUT2D eigenvalue weighted by Crippen LogP contribution is -2.31. The zero-order valence-corrected chi connectivity index (χ0v) is 14.5. The van der Waals surface area contributed by atoms with Gasteiger partial charge < -0.3 is 19.9 Å². The third-order valence-corrected chi connectivity index (χ3v) is 4.21. The summed E-state index contributed by atoms with van der Waals surface area (Å²) in [7, 11) is 0. The Morgan fingerprint density at radius 2 is 2.08 bits per heavy atom. The van der Waals surface area contributed by atoms with Crippen LogP contribution in [0.15, 0.2) is 0 Å². The van der Waals surface area contributed by atoms with Crippen molar-refractivity contribution in [3.63, 3.8) is 0 Å². The van der Waals surface area contributed by atoms with Crippen LogP contribution in [0, 0.1) is 13.8 Å². The number of carbonyl (C=O) groups is 3. The number of amides is 2. The lowest BCUT2D eigenvalue weighted by Gasteiger charge is -2.15. The Kier molecular flexibility index (Phi) is 6.00. The van der Waals surface area contributed by atoms with E-state index in [1.165, 1.54) is 0 Å². The van der Waals surface area contributed by atoms with Gasteiger partial charge in [0.05, 0.1) is 12.2 Å². The van der Waals surface area contributed by atoms with Crippen molar-refractivity contribution in [2.75, 3.05) is 26.2 Å². The largest absolute Gasteiger partial charge is 0.461 e. The molecule has 2 amide bonds. The van der Waals surface area contributed by atoms with E-state index in [-0.39, 0.29) is 18.4 Å². The number of hydrogen-bond acceptors (Lipinski definition) is 4. The second-order valence-electron chi connectivity index (χ2n) is 5.94. The van der Waals surface area contributed by atoms with Gasteiger partial charge in [0.15, 0.2) is 0 Å². The standard InChI is InChI=1S/C17H25N3O4/c1-4-24-17(23)15-11(2)14(12(3)19-15)16(22)18-8-6-10-20-9-5-7-13(20)21/h19H,4-10H2,1-3H3,(H,18,22). The number of aryl methyl sites for hydroxylation is 1. The topological polar surface area (TPSA) is 91.5 Å². The van der Waals surface area contributed by atoms with Crippen LogP contribution in [0.1, 0.15) is 58.3 Å². The number of hydrogen-bond donors (Lipinski definition) is 2. The highest BCUT2D eigenvalue weighted by Crippen LogP contribution is 2.18. The second-order valence-corrected chi connectivity index (χ2v) is 5.94. The van der Waals surface area contributed by atoms with Crippen molar-refractivity contribution < 1.29 is 19.1 Å². The minimum Gasteiger partial charge on any atom is -0.461 e. The summed E-state index contributed by atoms with van der Waals surface area (Å²) >= 11 is 0. The van der Waals surface area contributed by atoms with Crippen molar-refractivity contribution in [2.24, 2.45) is 0 Å². The number of ether oxygens (including phenoxy) is 1. The molecule has 0 aromatic carbocycles. The van der Waals surface area contributed by atoms with Gasteiger partial charge in [-0.2, -0.15) is 0 Å². The number of rotatable bonds is 7. The van der Waals surface area contributed by atoms with Crippen LogP contribution in [-0.4, -0.2) is 53.9 Å². The molecule has 1 aliphatic heterocycles. The SMILES string of the molecule is CCOC(=O)c1[nH]c(C)c(C(=O)NCCCN2CCCC2=O)c1C. The summed E-state index contributed by atoms with van der Waals surface area (Å²) in [6, 6.07) is 0. The van der Waals surface area contributed by atoms with Crippen molar-refractivity contribution in [1.82, 2.24) is 15.2 Å². The van der Waals surface area contributed by atoms with E-state index < -0.39 is 5.97 Å². The number of likely N-dealkylation sites (tertiary alicyclic amines) is 1. The van der Waals surface area contributed by atoms with Crippen molar-refractivity contribution >= 4 is 17.8 Å². The number of carbonyl (C=O) groups excluding carboxylic acids is 3. The molecule has 0 aliphatic carbocycles. The number of esters is 1. The molecule has 0 bridgehead atoms. The third-order valence-electron chi connectivity index (χ3n) is 4.21. The Bertz CT molecular complexity index is 636. The summed E-state index contributed by atoms with van der Waals surface area (Å²) < 4.78 is 4.98. The molecule has 0 radical (unpaired) electrons. The van der Waals surface area contributed by atoms with E-state index in [1.807, 2.05) is 4.90 Å². The van der Waals surface area contributed by atoms with Crippen LogP contribution in [0.2, 0.25) is 0 Å². The van der Waals surface area contributed by atoms with Gasteiger partial charge in [0.1, 0.15) is 5.69 Å². The summed E-state index contributed by atoms with van der Waals surface area (Å²) in [5, 5.41) is 2.85. The monoisotopic (exact) mass is 335 g/mol. The second kappa shape index (κ2) is 7.99. The third kappa shape index (κ3) is 3.96. The summed E-state index contributed by atoms with van der Waals surface area (Å²) in [4.78, 5) is 40.5.